The van der Waals surface area contributed by atoms with Crippen LogP contribution in [0.15, 0.2) is 29.2 Å². The molecule has 3 aromatic rings. The van der Waals surface area contributed by atoms with E-state index in [0.717, 1.165) is 19.1 Å². The number of carboxylic acid groups (broad SMARTS) is 1. The van der Waals surface area contributed by atoms with Crippen LogP contribution in [-0.2, 0) is 0 Å². The average molecular weight is 393 g/mol. The lowest BCUT2D eigenvalue weighted by atomic mass is 10.1. The molecule has 0 unspecified atom stereocenters. The number of nitrogens with zero attached hydrogens (tertiary/aromatic N) is 2. The molecule has 28 heavy (non-hydrogen) atoms. The molecule has 0 aliphatic carbocycles. The van der Waals surface area contributed by atoms with Gasteiger partial charge in [0.25, 0.3) is 0 Å². The number of aromatic nitrogens is 1. The van der Waals surface area contributed by atoms with E-state index >= 15 is 0 Å². The van der Waals surface area contributed by atoms with Crippen molar-refractivity contribution in [3.8, 4) is 5.69 Å². The summed E-state index contributed by atoms with van der Waals surface area (Å²) in [6, 6.07) is 2.06. The van der Waals surface area contributed by atoms with Crippen LogP contribution in [0.3, 0.4) is 0 Å². The summed E-state index contributed by atoms with van der Waals surface area (Å²) in [5.41, 5.74) is 0.153. The third-order valence-electron chi connectivity index (χ3n) is 4.12. The Bertz CT molecular complexity index is 1250. The quantitative estimate of drug-likeness (QED) is 0.400. The fraction of sp³-hybridized carbons (Fsp3) is 0.0588. The molecule has 2 aromatic carbocycles. The SMILES string of the molecule is Cc1cc2c(=O)c(C(=O)O)cn(-c3cc(N)c(F)cc3F)c2c([N+](=O)[O-])c1F. The number of rotatable bonds is 3. The predicted molar refractivity (Wildman–Crippen MR) is 92.2 cm³/mol. The minimum Gasteiger partial charge on any atom is -0.477 e. The number of hydrogen-bond acceptors (Lipinski definition) is 5. The van der Waals surface area contributed by atoms with E-state index in [2.05, 4.69) is 0 Å². The molecule has 0 aliphatic heterocycles. The molecule has 1 aromatic heterocycles. The lowest BCUT2D eigenvalue weighted by Crippen LogP contribution is -2.20. The van der Waals surface area contributed by atoms with E-state index in [1.807, 2.05) is 0 Å². The molecule has 0 saturated heterocycles. The summed E-state index contributed by atoms with van der Waals surface area (Å²) in [6.45, 7) is 1.15. The Morgan fingerprint density at radius 1 is 1.21 bits per heavy atom. The Balaban J connectivity index is 2.66. The van der Waals surface area contributed by atoms with Gasteiger partial charge >= 0.3 is 11.7 Å². The Hall–Kier alpha value is -3.89. The molecule has 0 spiro atoms. The minimum atomic E-state index is -1.69. The van der Waals surface area contributed by atoms with Crippen molar-refractivity contribution in [3.05, 3.63) is 73.3 Å². The summed E-state index contributed by atoms with van der Waals surface area (Å²) in [5, 5.41) is 20.2. The number of nitrogen functional groups attached to an aromatic ring is 1. The van der Waals surface area contributed by atoms with Crippen molar-refractivity contribution in [2.24, 2.45) is 0 Å². The number of anilines is 1. The van der Waals surface area contributed by atoms with Gasteiger partial charge in [0.2, 0.25) is 11.2 Å². The first-order valence-electron chi connectivity index (χ1n) is 7.55. The molecule has 11 heteroatoms. The van der Waals surface area contributed by atoms with Crippen molar-refractivity contribution in [2.75, 3.05) is 5.73 Å². The van der Waals surface area contributed by atoms with Gasteiger partial charge in [-0.3, -0.25) is 14.9 Å². The fourth-order valence-corrected chi connectivity index (χ4v) is 2.83. The van der Waals surface area contributed by atoms with Gasteiger partial charge < -0.3 is 15.4 Å². The highest BCUT2D eigenvalue weighted by Crippen LogP contribution is 2.33. The monoisotopic (exact) mass is 393 g/mol. The van der Waals surface area contributed by atoms with Crippen molar-refractivity contribution in [2.45, 2.75) is 6.92 Å². The Labute approximate surface area is 153 Å². The maximum Gasteiger partial charge on any atom is 0.341 e. The highest BCUT2D eigenvalue weighted by molar-refractivity contribution is 5.96. The van der Waals surface area contributed by atoms with Crippen molar-refractivity contribution in [1.29, 1.82) is 0 Å². The van der Waals surface area contributed by atoms with E-state index < -0.39 is 67.3 Å². The smallest absolute Gasteiger partial charge is 0.341 e. The zero-order valence-corrected chi connectivity index (χ0v) is 14.0. The summed E-state index contributed by atoms with van der Waals surface area (Å²) < 4.78 is 42.9. The van der Waals surface area contributed by atoms with Crippen molar-refractivity contribution in [1.82, 2.24) is 4.57 Å². The minimum absolute atomic E-state index is 0.288. The van der Waals surface area contributed by atoms with E-state index in [-0.39, 0.29) is 5.56 Å². The van der Waals surface area contributed by atoms with Crippen LogP contribution < -0.4 is 11.2 Å². The second-order valence-corrected chi connectivity index (χ2v) is 5.88. The highest BCUT2D eigenvalue weighted by atomic mass is 19.1. The molecular weight excluding hydrogens is 383 g/mol. The topological polar surface area (TPSA) is 128 Å². The van der Waals surface area contributed by atoms with Crippen molar-refractivity contribution in [3.63, 3.8) is 0 Å². The fourth-order valence-electron chi connectivity index (χ4n) is 2.83. The maximum absolute atomic E-state index is 14.5. The molecule has 0 amide bonds. The molecule has 0 radical (unpaired) electrons. The summed E-state index contributed by atoms with van der Waals surface area (Å²) in [5.74, 6) is -5.37. The standard InChI is InChI=1S/C17H10F3N3O5/c1-6-2-7-14(15(13(6)20)23(27)28)22(5-8(16(7)24)17(25)26)12-4-11(21)9(18)3-10(12)19/h2-5H,21H2,1H3,(H,25,26). The number of halogens is 3. The van der Waals surface area contributed by atoms with Gasteiger partial charge in [-0.1, -0.05) is 0 Å². The Morgan fingerprint density at radius 2 is 1.86 bits per heavy atom. The predicted octanol–water partition coefficient (Wildman–Crippen LogP) is 2.91. The summed E-state index contributed by atoms with van der Waals surface area (Å²) in [4.78, 5) is 34.2. The molecule has 0 bridgehead atoms. The molecule has 8 nitrogen and oxygen atoms in total. The van der Waals surface area contributed by atoms with Crippen LogP contribution >= 0.6 is 0 Å². The lowest BCUT2D eigenvalue weighted by molar-refractivity contribution is -0.386. The third-order valence-corrected chi connectivity index (χ3v) is 4.12. The molecule has 0 aliphatic rings. The number of nitrogens with two attached hydrogens (primary N) is 1. The second kappa shape index (κ2) is 6.37. The number of pyridine rings is 1. The first kappa shape index (κ1) is 18.9. The highest BCUT2D eigenvalue weighted by Gasteiger charge is 2.28. The molecule has 0 fully saturated rings. The molecule has 3 N–H and O–H groups in total. The number of carbonyl (C=O) groups is 1. The van der Waals surface area contributed by atoms with Crippen molar-refractivity contribution < 1.29 is 28.0 Å². The van der Waals surface area contributed by atoms with Gasteiger partial charge in [-0.2, -0.15) is 4.39 Å². The lowest BCUT2D eigenvalue weighted by Gasteiger charge is -2.15. The van der Waals surface area contributed by atoms with Crippen LogP contribution in [-0.4, -0.2) is 20.6 Å². The Kier molecular flexibility index (Phi) is 4.30. The molecular formula is C17H10F3N3O5. The molecule has 0 saturated carbocycles. The average Bonchev–Trinajstić information content (AvgIpc) is 2.60. The molecule has 0 atom stereocenters. The number of nitro groups is 1. The Morgan fingerprint density at radius 3 is 2.43 bits per heavy atom. The van der Waals surface area contributed by atoms with E-state index in [9.17, 15) is 38.0 Å². The first-order valence-corrected chi connectivity index (χ1v) is 7.55. The van der Waals surface area contributed by atoms with Gasteiger partial charge in [-0.15, -0.1) is 0 Å². The first-order chi connectivity index (χ1) is 13.0. The molecule has 3 rings (SSSR count). The summed E-state index contributed by atoms with van der Waals surface area (Å²) in [7, 11) is 0. The third kappa shape index (κ3) is 2.73. The van der Waals surface area contributed by atoms with Gasteiger partial charge in [0.1, 0.15) is 22.7 Å². The van der Waals surface area contributed by atoms with Gasteiger partial charge in [0.05, 0.1) is 21.7 Å². The number of hydrogen-bond donors (Lipinski definition) is 2. The maximum atomic E-state index is 14.5. The number of carboxylic acids is 1. The normalized spacial score (nSPS) is 11.0. The number of benzene rings is 2. The van der Waals surface area contributed by atoms with Crippen LogP contribution in [0.4, 0.5) is 24.5 Å². The van der Waals surface area contributed by atoms with Crippen LogP contribution in [0.1, 0.15) is 15.9 Å². The van der Waals surface area contributed by atoms with E-state index in [0.29, 0.717) is 16.8 Å². The number of aromatic carboxylic acids is 1. The number of nitro benzene ring substituents is 1. The zero-order valence-electron chi connectivity index (χ0n) is 14.0. The number of aryl methyl sites for hydroxylation is 1. The van der Waals surface area contributed by atoms with Crippen molar-refractivity contribution >= 4 is 28.2 Å². The van der Waals surface area contributed by atoms with E-state index in [1.54, 1.807) is 0 Å². The second-order valence-electron chi connectivity index (χ2n) is 5.88. The summed E-state index contributed by atoms with van der Waals surface area (Å²) in [6.07, 6.45) is 0.602. The molecule has 1 heterocycles. The van der Waals surface area contributed by atoms with Crippen LogP contribution in [0.25, 0.3) is 16.6 Å². The largest absolute Gasteiger partial charge is 0.477 e. The summed E-state index contributed by atoms with van der Waals surface area (Å²) >= 11 is 0. The van der Waals surface area contributed by atoms with Gasteiger partial charge in [0.15, 0.2) is 0 Å². The zero-order chi connectivity index (χ0) is 20.9. The molecule has 144 valence electrons. The van der Waals surface area contributed by atoms with Crippen LogP contribution in [0.2, 0.25) is 0 Å². The van der Waals surface area contributed by atoms with E-state index in [4.69, 9.17) is 5.73 Å². The van der Waals surface area contributed by atoms with Gasteiger partial charge in [0, 0.05) is 12.3 Å². The number of fused-ring (bicyclic) bond motifs is 1. The van der Waals surface area contributed by atoms with Gasteiger partial charge in [-0.25, -0.2) is 13.6 Å². The van der Waals surface area contributed by atoms with E-state index in [1.165, 1.54) is 0 Å². The van der Waals surface area contributed by atoms with Gasteiger partial charge in [-0.05, 0) is 24.6 Å². The van der Waals surface area contributed by atoms with Crippen LogP contribution in [0.5, 0.6) is 0 Å². The van der Waals surface area contributed by atoms with Crippen LogP contribution in [0, 0.1) is 34.5 Å².